The van der Waals surface area contributed by atoms with E-state index in [1.54, 1.807) is 6.20 Å². The van der Waals surface area contributed by atoms with Gasteiger partial charge in [-0.25, -0.2) is 4.98 Å². The first-order valence-electron chi connectivity index (χ1n) is 8.72. The summed E-state index contributed by atoms with van der Waals surface area (Å²) in [6.45, 7) is 0. The molecule has 0 saturated heterocycles. The van der Waals surface area contributed by atoms with E-state index in [1.807, 2.05) is 60.7 Å². The molecule has 2 aromatic carbocycles. The lowest BCUT2D eigenvalue weighted by Gasteiger charge is -2.14. The Balaban J connectivity index is 1.43. The number of hydrogen-bond donors (Lipinski definition) is 2. The van der Waals surface area contributed by atoms with Crippen LogP contribution in [0.1, 0.15) is 34.9 Å². The summed E-state index contributed by atoms with van der Waals surface area (Å²) in [6, 6.07) is 19.7. The third-order valence-corrected chi connectivity index (χ3v) is 5.87. The van der Waals surface area contributed by atoms with Gasteiger partial charge in [-0.1, -0.05) is 72.0 Å². The predicted octanol–water partition coefficient (Wildman–Crippen LogP) is 4.09. The van der Waals surface area contributed by atoms with Crippen LogP contribution in [0.5, 0.6) is 0 Å². The molecule has 1 aliphatic carbocycles. The molecule has 1 saturated carbocycles. The lowest BCUT2D eigenvalue weighted by Crippen LogP contribution is -2.27. The average Bonchev–Trinajstić information content (AvgIpc) is 3.36. The van der Waals surface area contributed by atoms with Crippen LogP contribution in [-0.4, -0.2) is 16.0 Å². The minimum absolute atomic E-state index is 0.0119. The molecule has 4 nitrogen and oxygen atoms in total. The molecule has 5 heteroatoms. The van der Waals surface area contributed by atoms with Gasteiger partial charge in [0.25, 0.3) is 0 Å². The molecule has 1 aliphatic rings. The van der Waals surface area contributed by atoms with Gasteiger partial charge in [0, 0.05) is 12.6 Å². The number of nitrogens with one attached hydrogen (secondary N) is 1. The number of hydrogen-bond acceptors (Lipinski definition) is 4. The van der Waals surface area contributed by atoms with Gasteiger partial charge in [0.05, 0.1) is 16.4 Å². The zero-order valence-electron chi connectivity index (χ0n) is 14.3. The standard InChI is InChI=1S/C21H20N2O2S/c24-17(13-15-7-3-1-4-8-15)18-14-22-20(26-18)23-19(25)21(11-12-21)16-9-5-2-6-10-16/h1-10,14,17,24H,11-13H2,(H,22,23,25). The summed E-state index contributed by atoms with van der Waals surface area (Å²) in [6.07, 6.45) is 3.28. The quantitative estimate of drug-likeness (QED) is 0.692. The molecule has 132 valence electrons. The van der Waals surface area contributed by atoms with Crippen molar-refractivity contribution in [3.8, 4) is 0 Å². The third-order valence-electron chi connectivity index (χ3n) is 4.86. The summed E-state index contributed by atoms with van der Waals surface area (Å²) in [4.78, 5) is 17.8. The van der Waals surface area contributed by atoms with Crippen LogP contribution in [0, 0.1) is 0 Å². The number of thiazole rings is 1. The fourth-order valence-electron chi connectivity index (χ4n) is 3.18. The van der Waals surface area contributed by atoms with Gasteiger partial charge in [-0.05, 0) is 24.0 Å². The summed E-state index contributed by atoms with van der Waals surface area (Å²) in [5, 5.41) is 13.9. The molecule has 0 aliphatic heterocycles. The van der Waals surface area contributed by atoms with Crippen molar-refractivity contribution in [2.45, 2.75) is 30.8 Å². The van der Waals surface area contributed by atoms with Crippen molar-refractivity contribution < 1.29 is 9.90 Å². The maximum Gasteiger partial charge on any atom is 0.236 e. The number of nitrogens with zero attached hydrogens (tertiary/aromatic N) is 1. The highest BCUT2D eigenvalue weighted by Crippen LogP contribution is 2.49. The van der Waals surface area contributed by atoms with Crippen LogP contribution >= 0.6 is 11.3 Å². The highest BCUT2D eigenvalue weighted by Gasteiger charge is 2.51. The van der Waals surface area contributed by atoms with Crippen molar-refractivity contribution in [1.29, 1.82) is 0 Å². The molecule has 26 heavy (non-hydrogen) atoms. The number of aliphatic hydroxyl groups is 1. The Morgan fingerprint density at radius 2 is 1.77 bits per heavy atom. The van der Waals surface area contributed by atoms with E-state index >= 15 is 0 Å². The Morgan fingerprint density at radius 3 is 2.42 bits per heavy atom. The number of amides is 1. The summed E-state index contributed by atoms with van der Waals surface area (Å²) in [5.41, 5.74) is 1.70. The van der Waals surface area contributed by atoms with Gasteiger partial charge >= 0.3 is 0 Å². The van der Waals surface area contributed by atoms with Crippen molar-refractivity contribution >= 4 is 22.4 Å². The van der Waals surface area contributed by atoms with Gasteiger partial charge in [-0.15, -0.1) is 0 Å². The number of carbonyl (C=O) groups excluding carboxylic acids is 1. The Kier molecular flexibility index (Phi) is 4.57. The monoisotopic (exact) mass is 364 g/mol. The minimum atomic E-state index is -0.621. The van der Waals surface area contributed by atoms with Gasteiger partial charge in [0.2, 0.25) is 5.91 Å². The van der Waals surface area contributed by atoms with Crippen molar-refractivity contribution in [3.05, 3.63) is 82.9 Å². The van der Waals surface area contributed by atoms with E-state index in [1.165, 1.54) is 11.3 Å². The van der Waals surface area contributed by atoms with E-state index < -0.39 is 11.5 Å². The maximum atomic E-state index is 12.8. The third kappa shape index (κ3) is 3.41. The van der Waals surface area contributed by atoms with Crippen molar-refractivity contribution in [3.63, 3.8) is 0 Å². The molecule has 1 heterocycles. The van der Waals surface area contributed by atoms with Gasteiger partial charge in [0.1, 0.15) is 0 Å². The second-order valence-corrected chi connectivity index (χ2v) is 7.74. The molecule has 0 bridgehead atoms. The predicted molar refractivity (Wildman–Crippen MR) is 103 cm³/mol. The summed E-state index contributed by atoms with van der Waals surface area (Å²) in [5.74, 6) is -0.0119. The fraction of sp³-hybridized carbons (Fsp3) is 0.238. The number of aliphatic hydroxyl groups excluding tert-OH is 1. The van der Waals surface area contributed by atoms with Gasteiger partial charge in [0.15, 0.2) is 5.13 Å². The molecule has 2 N–H and O–H groups in total. The van der Waals surface area contributed by atoms with Crippen molar-refractivity contribution in [2.24, 2.45) is 0 Å². The molecule has 0 spiro atoms. The lowest BCUT2D eigenvalue weighted by atomic mass is 9.95. The van der Waals surface area contributed by atoms with Crippen LogP contribution in [0.15, 0.2) is 66.9 Å². The SMILES string of the molecule is O=C(Nc1ncc(C(O)Cc2ccccc2)s1)C1(c2ccccc2)CC1. The minimum Gasteiger partial charge on any atom is -0.387 e. The summed E-state index contributed by atoms with van der Waals surface area (Å²) >= 11 is 1.33. The highest BCUT2D eigenvalue weighted by molar-refractivity contribution is 7.15. The second-order valence-electron chi connectivity index (χ2n) is 6.68. The van der Waals surface area contributed by atoms with E-state index in [2.05, 4.69) is 10.3 Å². The number of anilines is 1. The van der Waals surface area contributed by atoms with E-state index in [-0.39, 0.29) is 5.91 Å². The smallest absolute Gasteiger partial charge is 0.236 e. The topological polar surface area (TPSA) is 62.2 Å². The molecule has 1 fully saturated rings. The van der Waals surface area contributed by atoms with E-state index in [0.29, 0.717) is 11.6 Å². The highest BCUT2D eigenvalue weighted by atomic mass is 32.1. The van der Waals surface area contributed by atoms with Crippen LogP contribution in [0.2, 0.25) is 0 Å². The second kappa shape index (κ2) is 7.02. The number of carbonyl (C=O) groups is 1. The van der Waals surface area contributed by atoms with Gasteiger partial charge in [-0.3, -0.25) is 4.79 Å². The molecule has 1 atom stereocenters. The van der Waals surface area contributed by atoms with E-state index in [9.17, 15) is 9.90 Å². The summed E-state index contributed by atoms with van der Waals surface area (Å²) in [7, 11) is 0. The summed E-state index contributed by atoms with van der Waals surface area (Å²) < 4.78 is 0. The average molecular weight is 364 g/mol. The maximum absolute atomic E-state index is 12.8. The fourth-order valence-corrected chi connectivity index (χ4v) is 3.98. The Hall–Kier alpha value is -2.50. The zero-order valence-corrected chi connectivity index (χ0v) is 15.1. The molecule has 0 radical (unpaired) electrons. The van der Waals surface area contributed by atoms with Gasteiger partial charge in [-0.2, -0.15) is 0 Å². The number of aromatic nitrogens is 1. The Bertz CT molecular complexity index is 889. The molecule has 1 amide bonds. The van der Waals surface area contributed by atoms with Gasteiger partial charge < -0.3 is 10.4 Å². The van der Waals surface area contributed by atoms with Crippen LogP contribution in [0.3, 0.4) is 0 Å². The molecule has 4 rings (SSSR count). The first-order chi connectivity index (χ1) is 12.7. The molecule has 1 unspecified atom stereocenters. The first-order valence-corrected chi connectivity index (χ1v) is 9.54. The Labute approximate surface area is 156 Å². The molecular weight excluding hydrogens is 344 g/mol. The van der Waals surface area contributed by atoms with Crippen LogP contribution < -0.4 is 5.32 Å². The first kappa shape index (κ1) is 16.9. The zero-order chi connectivity index (χ0) is 18.0. The molecular formula is C21H20N2O2S. The number of benzene rings is 2. The largest absolute Gasteiger partial charge is 0.387 e. The van der Waals surface area contributed by atoms with Crippen LogP contribution in [0.25, 0.3) is 0 Å². The van der Waals surface area contributed by atoms with E-state index in [0.717, 1.165) is 28.8 Å². The molecule has 1 aromatic heterocycles. The number of rotatable bonds is 6. The van der Waals surface area contributed by atoms with Crippen molar-refractivity contribution in [1.82, 2.24) is 4.98 Å². The van der Waals surface area contributed by atoms with Crippen LogP contribution in [-0.2, 0) is 16.6 Å². The lowest BCUT2D eigenvalue weighted by molar-refractivity contribution is -0.118. The van der Waals surface area contributed by atoms with Crippen molar-refractivity contribution in [2.75, 3.05) is 5.32 Å². The van der Waals surface area contributed by atoms with E-state index in [4.69, 9.17) is 0 Å². The molecule has 3 aromatic rings. The Morgan fingerprint density at radius 1 is 1.12 bits per heavy atom. The van der Waals surface area contributed by atoms with Crippen LogP contribution in [0.4, 0.5) is 5.13 Å². The normalized spacial score (nSPS) is 16.0.